The SMILES string of the molecule is CN(O)C(C1=C(Nc2cccc(C(F)(F)F)c2)CCC1=O)c1ccc(C#N)cc1F. The molecule has 0 heterocycles. The molecular formula is C21H17F4N3O2. The first-order valence-corrected chi connectivity index (χ1v) is 8.93. The maximum Gasteiger partial charge on any atom is 0.416 e. The van der Waals surface area contributed by atoms with E-state index < -0.39 is 23.6 Å². The summed E-state index contributed by atoms with van der Waals surface area (Å²) in [5.74, 6) is -1.15. The van der Waals surface area contributed by atoms with Crippen molar-refractivity contribution in [1.29, 1.82) is 5.26 Å². The van der Waals surface area contributed by atoms with Crippen LogP contribution in [0, 0.1) is 17.1 Å². The Morgan fingerprint density at radius 2 is 1.93 bits per heavy atom. The molecule has 1 aliphatic carbocycles. The molecule has 0 aliphatic heterocycles. The topological polar surface area (TPSA) is 76.4 Å². The summed E-state index contributed by atoms with van der Waals surface area (Å²) in [6.07, 6.45) is -4.26. The van der Waals surface area contributed by atoms with Gasteiger partial charge in [-0.1, -0.05) is 12.1 Å². The molecule has 0 bridgehead atoms. The van der Waals surface area contributed by atoms with Gasteiger partial charge in [0.1, 0.15) is 5.82 Å². The number of likely N-dealkylation sites (N-methyl/N-ethyl adjacent to an activating group) is 1. The van der Waals surface area contributed by atoms with Crippen LogP contribution in [0.3, 0.4) is 0 Å². The largest absolute Gasteiger partial charge is 0.416 e. The lowest BCUT2D eigenvalue weighted by Gasteiger charge is -2.25. The van der Waals surface area contributed by atoms with Gasteiger partial charge in [0.15, 0.2) is 5.78 Å². The summed E-state index contributed by atoms with van der Waals surface area (Å²) in [5.41, 5.74) is -0.341. The van der Waals surface area contributed by atoms with Gasteiger partial charge in [-0.3, -0.25) is 4.79 Å². The standard InChI is InChI=1S/C21H17F4N3O2/c1-28(30)20(15-6-5-12(11-26)9-16(15)22)19-17(7-8-18(19)29)27-14-4-2-3-13(10-14)21(23,24)25/h2-6,9-10,20,27,30H,7-8H2,1H3. The first-order chi connectivity index (χ1) is 14.1. The summed E-state index contributed by atoms with van der Waals surface area (Å²) in [6.45, 7) is 0. The average molecular weight is 419 g/mol. The number of hydrogen-bond donors (Lipinski definition) is 2. The third-order valence-electron chi connectivity index (χ3n) is 4.78. The van der Waals surface area contributed by atoms with E-state index >= 15 is 0 Å². The highest BCUT2D eigenvalue weighted by Crippen LogP contribution is 2.38. The van der Waals surface area contributed by atoms with Gasteiger partial charge in [-0.15, -0.1) is 0 Å². The summed E-state index contributed by atoms with van der Waals surface area (Å²) in [6, 6.07) is 8.74. The maximum atomic E-state index is 14.6. The Kier molecular flexibility index (Phi) is 5.92. The molecule has 2 N–H and O–H groups in total. The van der Waals surface area contributed by atoms with Crippen LogP contribution in [0.1, 0.15) is 35.6 Å². The van der Waals surface area contributed by atoms with Crippen molar-refractivity contribution in [2.24, 2.45) is 0 Å². The van der Waals surface area contributed by atoms with Crippen LogP contribution < -0.4 is 5.32 Å². The monoisotopic (exact) mass is 419 g/mol. The van der Waals surface area contributed by atoms with E-state index in [0.29, 0.717) is 10.8 Å². The smallest absolute Gasteiger partial charge is 0.358 e. The van der Waals surface area contributed by atoms with Crippen LogP contribution in [0.15, 0.2) is 53.7 Å². The Bertz CT molecular complexity index is 1050. The predicted molar refractivity (Wildman–Crippen MR) is 99.7 cm³/mol. The number of ketones is 1. The minimum atomic E-state index is -4.53. The van der Waals surface area contributed by atoms with E-state index in [-0.39, 0.29) is 41.0 Å². The van der Waals surface area contributed by atoms with Gasteiger partial charge >= 0.3 is 6.18 Å². The lowest BCUT2D eigenvalue weighted by molar-refractivity contribution is -0.137. The molecule has 30 heavy (non-hydrogen) atoms. The molecule has 3 rings (SSSR count). The quantitative estimate of drug-likeness (QED) is 0.538. The fourth-order valence-corrected chi connectivity index (χ4v) is 3.43. The molecule has 2 aromatic carbocycles. The molecule has 0 radical (unpaired) electrons. The van der Waals surface area contributed by atoms with Crippen LogP contribution >= 0.6 is 0 Å². The average Bonchev–Trinajstić information content (AvgIpc) is 3.03. The van der Waals surface area contributed by atoms with E-state index in [1.807, 2.05) is 0 Å². The molecule has 0 spiro atoms. The van der Waals surface area contributed by atoms with Crippen molar-refractivity contribution in [3.63, 3.8) is 0 Å². The first-order valence-electron chi connectivity index (χ1n) is 8.93. The number of halogens is 4. The van der Waals surface area contributed by atoms with Gasteiger partial charge in [0, 0.05) is 36.0 Å². The van der Waals surface area contributed by atoms with E-state index in [1.54, 1.807) is 6.07 Å². The van der Waals surface area contributed by atoms with E-state index in [0.717, 1.165) is 18.2 Å². The van der Waals surface area contributed by atoms with E-state index in [9.17, 15) is 27.6 Å². The van der Waals surface area contributed by atoms with Crippen molar-refractivity contribution >= 4 is 11.5 Å². The first kappa shape index (κ1) is 21.5. The summed E-state index contributed by atoms with van der Waals surface area (Å²) in [7, 11) is 1.24. The minimum absolute atomic E-state index is 0.0346. The second-order valence-corrected chi connectivity index (χ2v) is 6.84. The van der Waals surface area contributed by atoms with E-state index in [1.165, 1.54) is 31.3 Å². The Morgan fingerprint density at radius 1 is 1.20 bits per heavy atom. The number of carbonyl (C=O) groups excluding carboxylic acids is 1. The number of benzene rings is 2. The fraction of sp³-hybridized carbons (Fsp3) is 0.238. The number of hydrogen-bond acceptors (Lipinski definition) is 5. The highest BCUT2D eigenvalue weighted by Gasteiger charge is 2.35. The molecule has 5 nitrogen and oxygen atoms in total. The highest BCUT2D eigenvalue weighted by molar-refractivity contribution is 6.00. The summed E-state index contributed by atoms with van der Waals surface area (Å²) in [5, 5.41) is 22.6. The van der Waals surface area contributed by atoms with Crippen molar-refractivity contribution in [3.05, 3.63) is 76.2 Å². The Labute approximate surface area is 169 Å². The van der Waals surface area contributed by atoms with E-state index in [2.05, 4.69) is 5.32 Å². The molecule has 1 atom stereocenters. The van der Waals surface area contributed by atoms with Gasteiger partial charge in [-0.05, 0) is 36.8 Å². The summed E-state index contributed by atoms with van der Waals surface area (Å²) >= 11 is 0. The zero-order chi connectivity index (χ0) is 22.1. The molecule has 0 saturated carbocycles. The van der Waals surface area contributed by atoms with Gasteiger partial charge in [-0.25, -0.2) is 4.39 Å². The van der Waals surface area contributed by atoms with Gasteiger partial charge in [-0.2, -0.15) is 23.5 Å². The molecular weight excluding hydrogens is 402 g/mol. The number of nitrogens with one attached hydrogen (secondary N) is 1. The summed E-state index contributed by atoms with van der Waals surface area (Å²) < 4.78 is 53.5. The minimum Gasteiger partial charge on any atom is -0.358 e. The van der Waals surface area contributed by atoms with Crippen molar-refractivity contribution in [1.82, 2.24) is 5.06 Å². The Hall–Kier alpha value is -3.22. The molecule has 0 saturated heterocycles. The van der Waals surface area contributed by atoms with Gasteiger partial charge in [0.2, 0.25) is 0 Å². The zero-order valence-electron chi connectivity index (χ0n) is 15.8. The van der Waals surface area contributed by atoms with E-state index in [4.69, 9.17) is 5.26 Å². The maximum absolute atomic E-state index is 14.6. The predicted octanol–water partition coefficient (Wildman–Crippen LogP) is 4.81. The van der Waals surface area contributed by atoms with Crippen molar-refractivity contribution in [2.45, 2.75) is 25.1 Å². The number of anilines is 1. The van der Waals surface area contributed by atoms with Gasteiger partial charge in [0.25, 0.3) is 0 Å². The van der Waals surface area contributed by atoms with Crippen molar-refractivity contribution in [2.75, 3.05) is 12.4 Å². The number of nitriles is 1. The Morgan fingerprint density at radius 3 is 2.53 bits per heavy atom. The second-order valence-electron chi connectivity index (χ2n) is 6.84. The van der Waals surface area contributed by atoms with Crippen LogP contribution in [0.4, 0.5) is 23.2 Å². The van der Waals surface area contributed by atoms with Crippen molar-refractivity contribution in [3.8, 4) is 6.07 Å². The summed E-state index contributed by atoms with van der Waals surface area (Å²) in [4.78, 5) is 12.6. The molecule has 0 fully saturated rings. The second kappa shape index (κ2) is 8.26. The van der Waals surface area contributed by atoms with Crippen LogP contribution in [-0.2, 0) is 11.0 Å². The number of alkyl halides is 3. The van der Waals surface area contributed by atoms with Crippen LogP contribution in [0.2, 0.25) is 0 Å². The highest BCUT2D eigenvalue weighted by atomic mass is 19.4. The fourth-order valence-electron chi connectivity index (χ4n) is 3.43. The lowest BCUT2D eigenvalue weighted by Crippen LogP contribution is -2.27. The molecule has 2 aromatic rings. The molecule has 1 aliphatic rings. The third kappa shape index (κ3) is 4.35. The third-order valence-corrected chi connectivity index (χ3v) is 4.78. The van der Waals surface area contributed by atoms with Gasteiger partial charge < -0.3 is 10.5 Å². The molecule has 1 unspecified atom stereocenters. The number of carbonyl (C=O) groups is 1. The molecule has 0 aromatic heterocycles. The Balaban J connectivity index is 2.05. The number of allylic oxidation sites excluding steroid dienone is 1. The van der Waals surface area contributed by atoms with Crippen LogP contribution in [-0.4, -0.2) is 23.1 Å². The van der Waals surface area contributed by atoms with Crippen LogP contribution in [0.5, 0.6) is 0 Å². The molecule has 9 heteroatoms. The molecule has 156 valence electrons. The zero-order valence-corrected chi connectivity index (χ0v) is 15.8. The van der Waals surface area contributed by atoms with Gasteiger partial charge in [0.05, 0.1) is 23.2 Å². The normalized spacial score (nSPS) is 15.5. The van der Waals surface area contributed by atoms with Crippen LogP contribution in [0.25, 0.3) is 0 Å². The van der Waals surface area contributed by atoms with Crippen molar-refractivity contribution < 1.29 is 27.6 Å². The number of rotatable bonds is 5. The number of nitrogens with zero attached hydrogens (tertiary/aromatic N) is 2. The molecule has 0 amide bonds. The number of Topliss-reactive ketones (excluding diaryl/α,β-unsaturated/α-hetero) is 1. The lowest BCUT2D eigenvalue weighted by atomic mass is 9.95. The number of hydroxylamine groups is 2.